The van der Waals surface area contributed by atoms with E-state index in [2.05, 4.69) is 16.4 Å². The van der Waals surface area contributed by atoms with E-state index in [9.17, 15) is 4.79 Å². The number of methoxy groups -OCH3 is 1. The summed E-state index contributed by atoms with van der Waals surface area (Å²) in [7, 11) is 1.59. The number of hydrazine groups is 1. The molecular weight excluding hydrogens is 230 g/mol. The molecular formula is C13H19N3O2. The van der Waals surface area contributed by atoms with Crippen LogP contribution in [0.25, 0.3) is 0 Å². The van der Waals surface area contributed by atoms with E-state index in [1.807, 2.05) is 18.2 Å². The number of nitrogens with one attached hydrogen (secondary N) is 1. The highest BCUT2D eigenvalue weighted by molar-refractivity contribution is 5.85. The van der Waals surface area contributed by atoms with Crippen molar-refractivity contribution in [2.75, 3.05) is 25.2 Å². The fourth-order valence-electron chi connectivity index (χ4n) is 2.45. The second kappa shape index (κ2) is 5.84. The first-order valence-corrected chi connectivity index (χ1v) is 6.12. The average Bonchev–Trinajstić information content (AvgIpc) is 2.43. The number of anilines is 1. The SMILES string of the molecule is COCC(C(=O)NN)N1CCCc2ccccc21. The van der Waals surface area contributed by atoms with Gasteiger partial charge in [-0.25, -0.2) is 5.84 Å². The van der Waals surface area contributed by atoms with Crippen LogP contribution in [0.1, 0.15) is 12.0 Å². The number of ether oxygens (including phenoxy) is 1. The molecule has 2 rings (SSSR count). The highest BCUT2D eigenvalue weighted by Crippen LogP contribution is 2.28. The van der Waals surface area contributed by atoms with Gasteiger partial charge in [-0.05, 0) is 24.5 Å². The number of carbonyl (C=O) groups is 1. The van der Waals surface area contributed by atoms with Crippen LogP contribution in [0.15, 0.2) is 24.3 Å². The molecule has 0 radical (unpaired) electrons. The van der Waals surface area contributed by atoms with E-state index < -0.39 is 0 Å². The predicted molar refractivity (Wildman–Crippen MR) is 70.1 cm³/mol. The summed E-state index contributed by atoms with van der Waals surface area (Å²) in [5.41, 5.74) is 4.60. The lowest BCUT2D eigenvalue weighted by atomic mass is 10.00. The van der Waals surface area contributed by atoms with E-state index in [1.165, 1.54) is 5.56 Å². The Morgan fingerprint density at radius 3 is 3.06 bits per heavy atom. The van der Waals surface area contributed by atoms with Gasteiger partial charge in [-0.2, -0.15) is 0 Å². The summed E-state index contributed by atoms with van der Waals surface area (Å²) in [6.45, 7) is 1.18. The van der Waals surface area contributed by atoms with E-state index in [1.54, 1.807) is 7.11 Å². The lowest BCUT2D eigenvalue weighted by Crippen LogP contribution is -2.53. The monoisotopic (exact) mass is 249 g/mol. The summed E-state index contributed by atoms with van der Waals surface area (Å²) in [6, 6.07) is 7.78. The van der Waals surface area contributed by atoms with Crippen LogP contribution in [-0.4, -0.2) is 32.2 Å². The molecule has 0 aromatic heterocycles. The average molecular weight is 249 g/mol. The van der Waals surface area contributed by atoms with Crippen LogP contribution >= 0.6 is 0 Å². The molecule has 0 spiro atoms. The fourth-order valence-corrected chi connectivity index (χ4v) is 2.45. The topological polar surface area (TPSA) is 67.6 Å². The zero-order valence-electron chi connectivity index (χ0n) is 10.6. The Labute approximate surface area is 107 Å². The molecule has 1 atom stereocenters. The number of para-hydroxylation sites is 1. The molecule has 5 heteroatoms. The summed E-state index contributed by atoms with van der Waals surface area (Å²) in [5.74, 6) is 5.03. The highest BCUT2D eigenvalue weighted by atomic mass is 16.5. The molecule has 1 heterocycles. The molecule has 0 bridgehead atoms. The lowest BCUT2D eigenvalue weighted by Gasteiger charge is -2.36. The number of carbonyl (C=O) groups excluding carboxylic acids is 1. The Hall–Kier alpha value is -1.59. The van der Waals surface area contributed by atoms with Crippen molar-refractivity contribution in [3.63, 3.8) is 0 Å². The van der Waals surface area contributed by atoms with Crippen molar-refractivity contribution in [1.29, 1.82) is 0 Å². The third-order valence-electron chi connectivity index (χ3n) is 3.29. The molecule has 0 aliphatic carbocycles. The van der Waals surface area contributed by atoms with Gasteiger partial charge in [0.1, 0.15) is 6.04 Å². The van der Waals surface area contributed by atoms with Gasteiger partial charge in [0.05, 0.1) is 6.61 Å². The minimum absolute atomic E-state index is 0.214. The molecule has 1 unspecified atom stereocenters. The van der Waals surface area contributed by atoms with Crippen molar-refractivity contribution < 1.29 is 9.53 Å². The molecule has 5 nitrogen and oxygen atoms in total. The molecule has 1 aromatic carbocycles. The Morgan fingerprint density at radius 1 is 1.56 bits per heavy atom. The largest absolute Gasteiger partial charge is 0.382 e. The molecule has 1 aromatic rings. The summed E-state index contributed by atoms with van der Waals surface area (Å²) < 4.78 is 5.14. The summed E-state index contributed by atoms with van der Waals surface area (Å²) in [6.07, 6.45) is 2.09. The van der Waals surface area contributed by atoms with Gasteiger partial charge in [0.2, 0.25) is 0 Å². The van der Waals surface area contributed by atoms with Gasteiger partial charge in [0.25, 0.3) is 5.91 Å². The van der Waals surface area contributed by atoms with Crippen LogP contribution in [0.3, 0.4) is 0 Å². The number of nitrogens with zero attached hydrogens (tertiary/aromatic N) is 1. The number of nitrogens with two attached hydrogens (primary N) is 1. The van der Waals surface area contributed by atoms with E-state index >= 15 is 0 Å². The molecule has 18 heavy (non-hydrogen) atoms. The molecule has 3 N–H and O–H groups in total. The second-order valence-corrected chi connectivity index (χ2v) is 4.41. The summed E-state index contributed by atoms with van der Waals surface area (Å²) in [4.78, 5) is 13.9. The maximum atomic E-state index is 11.9. The smallest absolute Gasteiger partial charge is 0.258 e. The second-order valence-electron chi connectivity index (χ2n) is 4.41. The first kappa shape index (κ1) is 12.9. The summed E-state index contributed by atoms with van der Waals surface area (Å²) in [5, 5.41) is 0. The van der Waals surface area contributed by atoms with E-state index in [0.29, 0.717) is 6.61 Å². The van der Waals surface area contributed by atoms with Crippen molar-refractivity contribution in [1.82, 2.24) is 5.43 Å². The third kappa shape index (κ3) is 2.47. The van der Waals surface area contributed by atoms with Crippen molar-refractivity contribution >= 4 is 11.6 Å². The Bertz CT molecular complexity index is 422. The van der Waals surface area contributed by atoms with Crippen molar-refractivity contribution in [2.45, 2.75) is 18.9 Å². The Morgan fingerprint density at radius 2 is 2.33 bits per heavy atom. The highest BCUT2D eigenvalue weighted by Gasteiger charge is 2.28. The van der Waals surface area contributed by atoms with Gasteiger partial charge in [0.15, 0.2) is 0 Å². The van der Waals surface area contributed by atoms with Gasteiger partial charge in [-0.1, -0.05) is 18.2 Å². The molecule has 1 aliphatic rings. The Balaban J connectivity index is 2.29. The summed E-state index contributed by atoms with van der Waals surface area (Å²) >= 11 is 0. The molecule has 1 aliphatic heterocycles. The fraction of sp³-hybridized carbons (Fsp3) is 0.462. The maximum Gasteiger partial charge on any atom is 0.258 e. The van der Waals surface area contributed by atoms with E-state index in [4.69, 9.17) is 10.6 Å². The zero-order valence-corrected chi connectivity index (χ0v) is 10.6. The van der Waals surface area contributed by atoms with Crippen molar-refractivity contribution in [3.8, 4) is 0 Å². The van der Waals surface area contributed by atoms with Gasteiger partial charge in [-0.3, -0.25) is 10.2 Å². The van der Waals surface area contributed by atoms with Crippen LogP contribution in [0.5, 0.6) is 0 Å². The minimum Gasteiger partial charge on any atom is -0.382 e. The van der Waals surface area contributed by atoms with Crippen LogP contribution in [-0.2, 0) is 16.0 Å². The van der Waals surface area contributed by atoms with Crippen molar-refractivity contribution in [2.24, 2.45) is 5.84 Å². The van der Waals surface area contributed by atoms with Gasteiger partial charge < -0.3 is 9.64 Å². The van der Waals surface area contributed by atoms with Crippen molar-refractivity contribution in [3.05, 3.63) is 29.8 Å². The van der Waals surface area contributed by atoms with Gasteiger partial charge in [0, 0.05) is 19.3 Å². The standard InChI is InChI=1S/C13H19N3O2/c1-18-9-12(13(17)15-14)16-8-4-6-10-5-2-3-7-11(10)16/h2-3,5,7,12H,4,6,8-9,14H2,1H3,(H,15,17). The predicted octanol–water partition coefficient (Wildman–Crippen LogP) is 0.444. The number of aryl methyl sites for hydroxylation is 1. The van der Waals surface area contributed by atoms with E-state index in [-0.39, 0.29) is 11.9 Å². The molecule has 1 amide bonds. The third-order valence-corrected chi connectivity index (χ3v) is 3.29. The van der Waals surface area contributed by atoms with Crippen LogP contribution in [0, 0.1) is 0 Å². The number of rotatable bonds is 4. The maximum absolute atomic E-state index is 11.9. The normalized spacial score (nSPS) is 16.0. The van der Waals surface area contributed by atoms with Gasteiger partial charge in [-0.15, -0.1) is 0 Å². The number of amides is 1. The Kier molecular flexibility index (Phi) is 4.17. The number of hydrogen-bond acceptors (Lipinski definition) is 4. The zero-order chi connectivity index (χ0) is 13.0. The lowest BCUT2D eigenvalue weighted by molar-refractivity contribution is -0.123. The van der Waals surface area contributed by atoms with Crippen LogP contribution < -0.4 is 16.2 Å². The molecule has 0 saturated carbocycles. The number of benzene rings is 1. The molecule has 0 saturated heterocycles. The van der Waals surface area contributed by atoms with Gasteiger partial charge >= 0.3 is 0 Å². The quantitative estimate of drug-likeness (QED) is 0.462. The number of hydrogen-bond donors (Lipinski definition) is 2. The minimum atomic E-state index is -0.374. The van der Waals surface area contributed by atoms with Crippen LogP contribution in [0.4, 0.5) is 5.69 Å². The first-order chi connectivity index (χ1) is 8.77. The first-order valence-electron chi connectivity index (χ1n) is 6.12. The van der Waals surface area contributed by atoms with E-state index in [0.717, 1.165) is 25.1 Å². The number of fused-ring (bicyclic) bond motifs is 1. The molecule has 0 fully saturated rings. The van der Waals surface area contributed by atoms with Crippen LogP contribution in [0.2, 0.25) is 0 Å². The molecule has 98 valence electrons.